The maximum Gasteiger partial charge on any atom is 0.261 e. The molecule has 0 bridgehead atoms. The van der Waals surface area contributed by atoms with Crippen molar-refractivity contribution < 1.29 is 4.79 Å². The van der Waals surface area contributed by atoms with Crippen molar-refractivity contribution in [3.05, 3.63) is 35.8 Å². The van der Waals surface area contributed by atoms with E-state index in [2.05, 4.69) is 49.1 Å². The third-order valence-electron chi connectivity index (χ3n) is 2.31. The molecule has 7 heteroatoms. The second-order valence-electron chi connectivity index (χ2n) is 3.71. The summed E-state index contributed by atoms with van der Waals surface area (Å²) in [5, 5.41) is 5.91. The van der Waals surface area contributed by atoms with E-state index in [0.29, 0.717) is 11.4 Å². The second-order valence-corrected chi connectivity index (χ2v) is 7.86. The van der Waals surface area contributed by atoms with Gasteiger partial charge < -0.3 is 5.32 Å². The molecule has 0 spiro atoms. The summed E-state index contributed by atoms with van der Waals surface area (Å²) >= 11 is 9.78. The van der Waals surface area contributed by atoms with Gasteiger partial charge in [0.15, 0.2) is 0 Å². The number of hydrogen-bond donors (Lipinski definition) is 1. The molecule has 1 unspecified atom stereocenters. The number of thiazole rings is 1. The number of aromatic nitrogens is 1. The Balaban J connectivity index is 1.92. The molecule has 3 nitrogen and oxygen atoms in total. The van der Waals surface area contributed by atoms with Gasteiger partial charge in [-0.2, -0.15) is 0 Å². The molecule has 2 rings (SSSR count). The van der Waals surface area contributed by atoms with Crippen LogP contribution in [-0.2, 0) is 0 Å². The summed E-state index contributed by atoms with van der Waals surface area (Å²) in [6, 6.07) is 1.82. The highest BCUT2D eigenvalue weighted by Gasteiger charge is 2.14. The van der Waals surface area contributed by atoms with Gasteiger partial charge in [-0.15, -0.1) is 22.7 Å². The van der Waals surface area contributed by atoms with Crippen molar-refractivity contribution in [1.29, 1.82) is 0 Å². The quantitative estimate of drug-likeness (QED) is 0.819. The molecule has 2 aromatic heterocycles. The van der Waals surface area contributed by atoms with Crippen molar-refractivity contribution in [2.45, 2.75) is 12.8 Å². The van der Waals surface area contributed by atoms with E-state index in [-0.39, 0.29) is 11.8 Å². The van der Waals surface area contributed by atoms with Gasteiger partial charge in [0.25, 0.3) is 5.91 Å². The van der Waals surface area contributed by atoms with Crippen LogP contribution in [-0.4, -0.2) is 17.4 Å². The molecule has 0 saturated carbocycles. The van der Waals surface area contributed by atoms with E-state index < -0.39 is 0 Å². The SMILES string of the molecule is CC(CNC(=O)c1cc(Br)c(Br)s1)c1nccs1. The molecular formula is C11H10Br2N2OS2. The fourth-order valence-corrected chi connectivity index (χ4v) is 4.01. The third-order valence-corrected chi connectivity index (χ3v) is 6.57. The molecule has 0 radical (unpaired) electrons. The number of carbonyl (C=O) groups excluding carboxylic acids is 1. The van der Waals surface area contributed by atoms with Crippen molar-refractivity contribution >= 4 is 60.4 Å². The van der Waals surface area contributed by atoms with E-state index in [9.17, 15) is 4.79 Å². The van der Waals surface area contributed by atoms with Crippen LogP contribution in [0, 0.1) is 0 Å². The molecule has 2 aromatic rings. The summed E-state index contributed by atoms with van der Waals surface area (Å²) < 4.78 is 1.84. The fourth-order valence-electron chi connectivity index (χ4n) is 1.36. The Kier molecular flexibility index (Phi) is 4.94. The van der Waals surface area contributed by atoms with Gasteiger partial charge in [0.2, 0.25) is 0 Å². The van der Waals surface area contributed by atoms with Crippen LogP contribution in [0.2, 0.25) is 0 Å². The number of amides is 1. The standard InChI is InChI=1S/C11H10Br2N2OS2/c1-6(11-14-2-3-17-11)5-15-10(16)8-4-7(12)9(13)18-8/h2-4,6H,5H2,1H3,(H,15,16). The highest BCUT2D eigenvalue weighted by molar-refractivity contribution is 9.13. The minimum Gasteiger partial charge on any atom is -0.351 e. The van der Waals surface area contributed by atoms with Gasteiger partial charge in [-0.3, -0.25) is 4.79 Å². The van der Waals surface area contributed by atoms with Gasteiger partial charge in [0.1, 0.15) is 0 Å². The first-order valence-electron chi connectivity index (χ1n) is 5.20. The van der Waals surface area contributed by atoms with E-state index in [1.807, 2.05) is 11.4 Å². The summed E-state index contributed by atoms with van der Waals surface area (Å²) in [7, 11) is 0. The van der Waals surface area contributed by atoms with Gasteiger partial charge in [0.05, 0.1) is 13.7 Å². The smallest absolute Gasteiger partial charge is 0.261 e. The highest BCUT2D eigenvalue weighted by atomic mass is 79.9. The molecule has 1 N–H and O–H groups in total. The molecule has 96 valence electrons. The van der Waals surface area contributed by atoms with Crippen LogP contribution in [0.25, 0.3) is 0 Å². The van der Waals surface area contributed by atoms with E-state index in [0.717, 1.165) is 13.3 Å². The maximum atomic E-state index is 11.9. The van der Waals surface area contributed by atoms with Gasteiger partial charge in [0, 0.05) is 28.5 Å². The minimum absolute atomic E-state index is 0.0465. The Hall–Kier alpha value is -0.240. The average Bonchev–Trinajstić information content (AvgIpc) is 2.97. The van der Waals surface area contributed by atoms with Gasteiger partial charge in [-0.1, -0.05) is 6.92 Å². The maximum absolute atomic E-state index is 11.9. The second kappa shape index (κ2) is 6.27. The van der Waals surface area contributed by atoms with E-state index in [1.165, 1.54) is 11.3 Å². The number of nitrogens with one attached hydrogen (secondary N) is 1. The van der Waals surface area contributed by atoms with Crippen molar-refractivity contribution in [1.82, 2.24) is 10.3 Å². The van der Waals surface area contributed by atoms with Crippen molar-refractivity contribution in [2.75, 3.05) is 6.54 Å². The molecule has 1 atom stereocenters. The van der Waals surface area contributed by atoms with E-state index >= 15 is 0 Å². The molecule has 0 aliphatic carbocycles. The minimum atomic E-state index is -0.0465. The lowest BCUT2D eigenvalue weighted by atomic mass is 10.2. The number of thiophene rings is 1. The molecule has 18 heavy (non-hydrogen) atoms. The number of rotatable bonds is 4. The van der Waals surface area contributed by atoms with Gasteiger partial charge in [-0.25, -0.2) is 4.98 Å². The average molecular weight is 410 g/mol. The van der Waals surface area contributed by atoms with Crippen LogP contribution in [0.5, 0.6) is 0 Å². The number of hydrogen-bond acceptors (Lipinski definition) is 4. The molecular weight excluding hydrogens is 400 g/mol. The van der Waals surface area contributed by atoms with Crippen molar-refractivity contribution in [2.24, 2.45) is 0 Å². The van der Waals surface area contributed by atoms with Crippen molar-refractivity contribution in [3.63, 3.8) is 0 Å². The summed E-state index contributed by atoms with van der Waals surface area (Å²) in [5.74, 6) is 0.190. The lowest BCUT2D eigenvalue weighted by molar-refractivity contribution is 0.0955. The topological polar surface area (TPSA) is 42.0 Å². The molecule has 0 fully saturated rings. The fraction of sp³-hybridized carbons (Fsp3) is 0.273. The lowest BCUT2D eigenvalue weighted by Gasteiger charge is -2.08. The third kappa shape index (κ3) is 3.40. The zero-order valence-electron chi connectivity index (χ0n) is 9.44. The number of carbonyl (C=O) groups is 1. The van der Waals surface area contributed by atoms with Gasteiger partial charge >= 0.3 is 0 Å². The predicted molar refractivity (Wildman–Crippen MR) is 82.6 cm³/mol. The Morgan fingerprint density at radius 1 is 1.56 bits per heavy atom. The largest absolute Gasteiger partial charge is 0.351 e. The first-order valence-corrected chi connectivity index (χ1v) is 8.48. The molecule has 0 aliphatic heterocycles. The first kappa shape index (κ1) is 14.2. The van der Waals surface area contributed by atoms with Crippen LogP contribution in [0.3, 0.4) is 0 Å². The predicted octanol–water partition coefficient (Wildman–Crippen LogP) is 4.26. The zero-order valence-corrected chi connectivity index (χ0v) is 14.2. The van der Waals surface area contributed by atoms with Gasteiger partial charge in [-0.05, 0) is 37.9 Å². The zero-order chi connectivity index (χ0) is 13.1. The molecule has 0 aromatic carbocycles. The lowest BCUT2D eigenvalue weighted by Crippen LogP contribution is -2.26. The van der Waals surface area contributed by atoms with Crippen LogP contribution in [0.4, 0.5) is 0 Å². The summed E-state index contributed by atoms with van der Waals surface area (Å²) in [5.41, 5.74) is 0. The summed E-state index contributed by atoms with van der Waals surface area (Å²) in [6.07, 6.45) is 1.78. The first-order chi connectivity index (χ1) is 8.58. The van der Waals surface area contributed by atoms with Crippen LogP contribution in [0.1, 0.15) is 27.5 Å². The van der Waals surface area contributed by atoms with Crippen LogP contribution in [0.15, 0.2) is 25.9 Å². The summed E-state index contributed by atoms with van der Waals surface area (Å²) in [6.45, 7) is 2.65. The Morgan fingerprint density at radius 2 is 2.33 bits per heavy atom. The normalized spacial score (nSPS) is 12.4. The summed E-state index contributed by atoms with van der Waals surface area (Å²) in [4.78, 5) is 16.9. The molecule has 1 amide bonds. The van der Waals surface area contributed by atoms with Crippen LogP contribution < -0.4 is 5.32 Å². The van der Waals surface area contributed by atoms with E-state index in [1.54, 1.807) is 17.5 Å². The van der Waals surface area contributed by atoms with Crippen LogP contribution >= 0.6 is 54.5 Å². The Bertz CT molecular complexity index is 520. The Morgan fingerprint density at radius 3 is 2.89 bits per heavy atom. The van der Waals surface area contributed by atoms with Crippen molar-refractivity contribution in [3.8, 4) is 0 Å². The molecule has 0 aliphatic rings. The molecule has 2 heterocycles. The highest BCUT2D eigenvalue weighted by Crippen LogP contribution is 2.32. The number of halogens is 2. The monoisotopic (exact) mass is 408 g/mol. The molecule has 0 saturated heterocycles. The Labute approximate surface area is 130 Å². The number of nitrogens with zero attached hydrogens (tertiary/aromatic N) is 1. The van der Waals surface area contributed by atoms with E-state index in [4.69, 9.17) is 0 Å².